The highest BCUT2D eigenvalue weighted by Crippen LogP contribution is 2.41. The van der Waals surface area contributed by atoms with Gasteiger partial charge in [-0.25, -0.2) is 9.59 Å². The molecule has 5 rings (SSSR count). The number of halogens is 1. The van der Waals surface area contributed by atoms with E-state index in [2.05, 4.69) is 61.7 Å². The van der Waals surface area contributed by atoms with Crippen LogP contribution in [-0.2, 0) is 28.7 Å². The third-order valence-corrected chi connectivity index (χ3v) is 9.36. The Labute approximate surface area is 291 Å². The quantitative estimate of drug-likeness (QED) is 0.206. The molecule has 0 saturated carbocycles. The minimum atomic E-state index is -0.564. The van der Waals surface area contributed by atoms with Crippen LogP contribution in [0.4, 0.5) is 0 Å². The number of carbonyl (C=O) groups excluding carboxylic acids is 2. The number of nitrogens with one attached hydrogen (secondary N) is 3. The molecule has 1 atom stereocenters. The first-order valence-electron chi connectivity index (χ1n) is 17.0. The first-order valence-corrected chi connectivity index (χ1v) is 17.0. The van der Waals surface area contributed by atoms with E-state index in [9.17, 15) is 9.59 Å². The van der Waals surface area contributed by atoms with Crippen LogP contribution in [0, 0.1) is 20.8 Å². The van der Waals surface area contributed by atoms with Gasteiger partial charge in [-0.1, -0.05) is 13.8 Å². The lowest BCUT2D eigenvalue weighted by Crippen LogP contribution is -2.24. The van der Waals surface area contributed by atoms with E-state index in [-0.39, 0.29) is 30.3 Å². The van der Waals surface area contributed by atoms with Crippen LogP contribution in [0.25, 0.3) is 6.08 Å². The number of hydrogen-bond donors (Lipinski definition) is 3. The van der Waals surface area contributed by atoms with E-state index in [1.54, 1.807) is 0 Å². The van der Waals surface area contributed by atoms with Crippen molar-refractivity contribution in [3.63, 3.8) is 0 Å². The Bertz CT molecular complexity index is 1830. The van der Waals surface area contributed by atoms with E-state index in [0.29, 0.717) is 17.8 Å². The van der Waals surface area contributed by atoms with Crippen LogP contribution in [0.2, 0.25) is 0 Å². The normalized spacial score (nSPS) is 17.1. The van der Waals surface area contributed by atoms with Gasteiger partial charge in [0.15, 0.2) is 0 Å². The van der Waals surface area contributed by atoms with Gasteiger partial charge in [-0.3, -0.25) is 4.99 Å². The second-order valence-corrected chi connectivity index (χ2v) is 15.1. The summed E-state index contributed by atoms with van der Waals surface area (Å²) in [5, 5.41) is 0. The number of fused-ring (bicyclic) bond motifs is 1. The van der Waals surface area contributed by atoms with Crippen molar-refractivity contribution in [2.75, 3.05) is 0 Å². The maximum absolute atomic E-state index is 13.0. The Kier molecular flexibility index (Phi) is 10.5. The van der Waals surface area contributed by atoms with Gasteiger partial charge in [0.2, 0.25) is 0 Å². The van der Waals surface area contributed by atoms with Gasteiger partial charge in [-0.2, -0.15) is 0 Å². The molecule has 0 fully saturated rings. The highest BCUT2D eigenvalue weighted by Gasteiger charge is 2.33. The summed E-state index contributed by atoms with van der Waals surface area (Å²) >= 11 is 0. The molecule has 1 unspecified atom stereocenters. The molecule has 4 heterocycles. The van der Waals surface area contributed by atoms with Crippen molar-refractivity contribution >= 4 is 36.1 Å². The fraction of sp³-hybridized carbons (Fsp3) is 0.513. The van der Waals surface area contributed by atoms with Crippen LogP contribution in [0.15, 0.2) is 27.9 Å². The van der Waals surface area contributed by atoms with E-state index in [1.807, 2.05) is 48.5 Å². The molecule has 260 valence electrons. The second-order valence-electron chi connectivity index (χ2n) is 15.1. The van der Waals surface area contributed by atoms with E-state index in [0.717, 1.165) is 82.1 Å². The summed E-state index contributed by atoms with van der Waals surface area (Å²) in [6.45, 7) is 23.9. The first kappa shape index (κ1) is 37.0. The summed E-state index contributed by atoms with van der Waals surface area (Å²) in [7, 11) is 0. The van der Waals surface area contributed by atoms with Gasteiger partial charge in [0.05, 0.1) is 11.4 Å². The number of esters is 2. The van der Waals surface area contributed by atoms with Gasteiger partial charge in [-0.15, -0.1) is 12.4 Å². The third-order valence-electron chi connectivity index (χ3n) is 9.36. The van der Waals surface area contributed by atoms with E-state index in [1.165, 1.54) is 16.7 Å². The largest absolute Gasteiger partial charge is 0.455 e. The maximum atomic E-state index is 13.0. The number of nitrogens with zero attached hydrogens (tertiary/aromatic N) is 1. The molecule has 2 aliphatic rings. The molecule has 3 aromatic rings. The lowest BCUT2D eigenvalue weighted by Gasteiger charge is -2.19. The number of carbonyl (C=O) groups is 2. The number of aromatic amines is 3. The molecule has 1 aliphatic heterocycles. The smallest absolute Gasteiger partial charge is 0.355 e. The predicted octanol–water partition coefficient (Wildman–Crippen LogP) is 9.33. The Morgan fingerprint density at radius 2 is 1.52 bits per heavy atom. The lowest BCUT2D eigenvalue weighted by molar-refractivity contribution is 0.00499. The van der Waals surface area contributed by atoms with Crippen LogP contribution >= 0.6 is 12.4 Å². The fourth-order valence-corrected chi connectivity index (χ4v) is 7.03. The lowest BCUT2D eigenvalue weighted by atomic mass is 9.98. The van der Waals surface area contributed by atoms with Crippen LogP contribution in [0.5, 0.6) is 0 Å². The van der Waals surface area contributed by atoms with Crippen molar-refractivity contribution in [1.82, 2.24) is 15.0 Å². The topological polar surface area (TPSA) is 112 Å². The minimum Gasteiger partial charge on any atom is -0.455 e. The average molecular weight is 677 g/mol. The maximum Gasteiger partial charge on any atom is 0.355 e. The van der Waals surface area contributed by atoms with Gasteiger partial charge >= 0.3 is 11.9 Å². The second kappa shape index (κ2) is 13.6. The Hall–Kier alpha value is -3.78. The molecular formula is C39H53ClN4O4. The van der Waals surface area contributed by atoms with Crippen molar-refractivity contribution in [2.45, 2.75) is 132 Å². The molecule has 0 radical (unpaired) electrons. The summed E-state index contributed by atoms with van der Waals surface area (Å²) in [5.74, 6) is -0.469. The zero-order valence-corrected chi connectivity index (χ0v) is 31.6. The van der Waals surface area contributed by atoms with Gasteiger partial charge in [0, 0.05) is 35.1 Å². The minimum absolute atomic E-state index is 0. The van der Waals surface area contributed by atoms with Crippen molar-refractivity contribution in [2.24, 2.45) is 4.99 Å². The van der Waals surface area contributed by atoms with Crippen molar-refractivity contribution in [3.8, 4) is 0 Å². The Balaban J connectivity index is 0.00000520. The molecule has 3 aromatic heterocycles. The zero-order chi connectivity index (χ0) is 34.6. The third kappa shape index (κ3) is 7.29. The molecule has 9 heteroatoms. The summed E-state index contributed by atoms with van der Waals surface area (Å²) in [5.41, 5.74) is 14.1. The summed E-state index contributed by atoms with van der Waals surface area (Å²) in [6.07, 6.45) is 6.28. The number of aromatic nitrogens is 3. The Morgan fingerprint density at radius 3 is 2.10 bits per heavy atom. The zero-order valence-electron chi connectivity index (χ0n) is 30.8. The molecule has 48 heavy (non-hydrogen) atoms. The molecule has 8 nitrogen and oxygen atoms in total. The van der Waals surface area contributed by atoms with Crippen LogP contribution in [-0.4, -0.2) is 43.8 Å². The van der Waals surface area contributed by atoms with E-state index in [4.69, 9.17) is 14.5 Å². The van der Waals surface area contributed by atoms with Gasteiger partial charge in [0.1, 0.15) is 22.6 Å². The molecule has 0 amide bonds. The van der Waals surface area contributed by atoms with Crippen molar-refractivity contribution < 1.29 is 19.1 Å². The molecule has 0 saturated heterocycles. The van der Waals surface area contributed by atoms with Gasteiger partial charge < -0.3 is 24.4 Å². The monoisotopic (exact) mass is 676 g/mol. The molecule has 3 N–H and O–H groups in total. The summed E-state index contributed by atoms with van der Waals surface area (Å²) in [4.78, 5) is 41.7. The summed E-state index contributed by atoms with van der Waals surface area (Å²) < 4.78 is 11.4. The van der Waals surface area contributed by atoms with Gasteiger partial charge in [-0.05, 0) is 146 Å². The number of allylic oxidation sites excluding steroid dienone is 2. The van der Waals surface area contributed by atoms with Crippen LogP contribution in [0.3, 0.4) is 0 Å². The van der Waals surface area contributed by atoms with Crippen LogP contribution in [0.1, 0.15) is 153 Å². The molecule has 1 aliphatic carbocycles. The van der Waals surface area contributed by atoms with Gasteiger partial charge in [0.25, 0.3) is 0 Å². The molecule has 0 bridgehead atoms. The highest BCUT2D eigenvalue weighted by molar-refractivity contribution is 6.06. The van der Waals surface area contributed by atoms with E-state index < -0.39 is 11.2 Å². The number of aliphatic imine (C=N–C) groups is 1. The molecule has 0 spiro atoms. The number of ether oxygens (including phenoxy) is 2. The number of H-pyrrole nitrogens is 3. The number of hydrogen-bond acceptors (Lipinski definition) is 5. The Morgan fingerprint density at radius 1 is 0.896 bits per heavy atom. The average Bonchev–Trinajstić information content (AvgIpc) is 3.74. The molecular weight excluding hydrogens is 624 g/mol. The van der Waals surface area contributed by atoms with Crippen LogP contribution < -0.4 is 0 Å². The SMILES string of the molecule is CCC1=C(C)/C(=C/c2[nH]c(C3CCc4c3[nH]c(C(=O)OC(C)(C)C)c4C)cc2C)N=C1Cc1[nH]c(C(=O)OC(C)(C)C)c(CC)c1C.Cl. The highest BCUT2D eigenvalue weighted by atomic mass is 35.5. The van der Waals surface area contributed by atoms with Crippen molar-refractivity contribution in [3.05, 3.63) is 84.9 Å². The standard InChI is InChI=1S/C39H52N4O4.ClH/c1-13-24-21(4)29(41-32(24)19-30-22(5)25(14-2)35(42-30)37(45)47-39(10,11)12)18-28-20(3)17-31(40-28)27-16-15-26-23(6)33(43-34(26)27)36(44)46-38(7,8)9;/h17-18,27,40,42-43H,13-16,19H2,1-12H3;1H/b29-18-;. The molecule has 0 aromatic carbocycles. The number of aryl methyl sites for hydroxylation is 1. The van der Waals surface area contributed by atoms with E-state index >= 15 is 0 Å². The van der Waals surface area contributed by atoms with Crippen molar-refractivity contribution in [1.29, 1.82) is 0 Å². The number of rotatable bonds is 8. The summed E-state index contributed by atoms with van der Waals surface area (Å²) in [6, 6.07) is 2.22. The predicted molar refractivity (Wildman–Crippen MR) is 196 cm³/mol. The fourth-order valence-electron chi connectivity index (χ4n) is 7.03. The first-order chi connectivity index (χ1) is 21.9.